The molecule has 0 N–H and O–H groups in total. The number of aromatic nitrogens is 3. The molecule has 0 spiro atoms. The number of pyridine rings is 1. The van der Waals surface area contributed by atoms with E-state index >= 15 is 0 Å². The topological polar surface area (TPSA) is 62.5 Å². The minimum atomic E-state index is 0.625. The van der Waals surface area contributed by atoms with Crippen LogP contribution in [0.25, 0.3) is 0 Å². The van der Waals surface area contributed by atoms with Crippen molar-refractivity contribution in [3.05, 3.63) is 53.4 Å². The van der Waals surface area contributed by atoms with Gasteiger partial charge in [0.25, 0.3) is 0 Å². The molecule has 0 atom stereocenters. The van der Waals surface area contributed by atoms with E-state index in [2.05, 4.69) is 21.0 Å². The summed E-state index contributed by atoms with van der Waals surface area (Å²) in [5, 5.41) is 8.94. The molecule has 2 aromatic rings. The van der Waals surface area contributed by atoms with Gasteiger partial charge in [0.2, 0.25) is 0 Å². The summed E-state index contributed by atoms with van der Waals surface area (Å²) in [5.41, 5.74) is 2.39. The van der Waals surface area contributed by atoms with Gasteiger partial charge in [-0.3, -0.25) is 4.98 Å². The highest BCUT2D eigenvalue weighted by atomic mass is 14.9. The predicted molar refractivity (Wildman–Crippen MR) is 63.1 cm³/mol. The first-order valence-electron chi connectivity index (χ1n) is 5.42. The maximum absolute atomic E-state index is 8.94. The molecule has 0 radical (unpaired) electrons. The number of hydrogen-bond donors (Lipinski definition) is 0. The molecule has 0 aliphatic carbocycles. The molecular weight excluding hydrogens is 212 g/mol. The molecule has 0 saturated heterocycles. The van der Waals surface area contributed by atoms with Crippen molar-refractivity contribution in [2.24, 2.45) is 0 Å². The Morgan fingerprint density at radius 1 is 1.18 bits per heavy atom. The van der Waals surface area contributed by atoms with Gasteiger partial charge in [-0.15, -0.1) is 0 Å². The van der Waals surface area contributed by atoms with Crippen LogP contribution in [0, 0.1) is 18.3 Å². The number of aryl methyl sites for hydroxylation is 3. The predicted octanol–water partition coefficient (Wildman–Crippen LogP) is 1.84. The van der Waals surface area contributed by atoms with Crippen molar-refractivity contribution in [2.45, 2.75) is 19.8 Å². The van der Waals surface area contributed by atoms with Gasteiger partial charge >= 0.3 is 0 Å². The summed E-state index contributed by atoms with van der Waals surface area (Å²) in [5.74, 6) is 0.791. The highest BCUT2D eigenvalue weighted by Gasteiger charge is 2.04. The number of nitrogens with zero attached hydrogens (tertiary/aromatic N) is 4. The van der Waals surface area contributed by atoms with Crippen LogP contribution in [0.15, 0.2) is 30.6 Å². The van der Waals surface area contributed by atoms with E-state index in [0.29, 0.717) is 18.4 Å². The average molecular weight is 224 g/mol. The van der Waals surface area contributed by atoms with E-state index in [1.807, 2.05) is 13.0 Å². The molecule has 0 fully saturated rings. The van der Waals surface area contributed by atoms with Gasteiger partial charge in [0, 0.05) is 24.5 Å². The lowest BCUT2D eigenvalue weighted by Crippen LogP contribution is -2.02. The van der Waals surface area contributed by atoms with Gasteiger partial charge in [-0.05, 0) is 31.5 Å². The molecular formula is C13H12N4. The Morgan fingerprint density at radius 3 is 2.82 bits per heavy atom. The zero-order valence-electron chi connectivity index (χ0n) is 9.59. The van der Waals surface area contributed by atoms with E-state index in [1.165, 1.54) is 0 Å². The minimum Gasteiger partial charge on any atom is -0.260 e. The first kappa shape index (κ1) is 11.2. The second-order valence-electron chi connectivity index (χ2n) is 3.72. The van der Waals surface area contributed by atoms with Gasteiger partial charge < -0.3 is 0 Å². The largest absolute Gasteiger partial charge is 0.260 e. The van der Waals surface area contributed by atoms with Crippen molar-refractivity contribution in [3.63, 3.8) is 0 Å². The summed E-state index contributed by atoms with van der Waals surface area (Å²) in [4.78, 5) is 12.7. The third kappa shape index (κ3) is 2.85. The molecule has 84 valence electrons. The third-order valence-corrected chi connectivity index (χ3v) is 2.44. The first-order chi connectivity index (χ1) is 8.29. The Bertz CT molecular complexity index is 557. The van der Waals surface area contributed by atoms with E-state index in [-0.39, 0.29) is 0 Å². The molecule has 17 heavy (non-hydrogen) atoms. The molecule has 0 aliphatic heterocycles. The highest BCUT2D eigenvalue weighted by Crippen LogP contribution is 2.07. The zero-order chi connectivity index (χ0) is 12.1. The maximum Gasteiger partial charge on any atom is 0.128 e. The van der Waals surface area contributed by atoms with E-state index in [1.54, 1.807) is 24.5 Å². The van der Waals surface area contributed by atoms with Crippen LogP contribution in [0.5, 0.6) is 0 Å². The zero-order valence-corrected chi connectivity index (χ0v) is 9.59. The van der Waals surface area contributed by atoms with Crippen LogP contribution in [0.3, 0.4) is 0 Å². The summed E-state index contributed by atoms with van der Waals surface area (Å²) in [7, 11) is 0. The maximum atomic E-state index is 8.94. The number of hydrogen-bond acceptors (Lipinski definition) is 4. The summed E-state index contributed by atoms with van der Waals surface area (Å²) in [6.45, 7) is 1.94. The summed E-state index contributed by atoms with van der Waals surface area (Å²) in [6.07, 6.45) is 4.84. The number of nitriles is 1. The van der Waals surface area contributed by atoms with Crippen molar-refractivity contribution < 1.29 is 0 Å². The normalized spacial score (nSPS) is 9.88. The van der Waals surface area contributed by atoms with Gasteiger partial charge in [0.05, 0.1) is 11.3 Å². The van der Waals surface area contributed by atoms with Crippen molar-refractivity contribution >= 4 is 0 Å². The summed E-state index contributed by atoms with van der Waals surface area (Å²) in [6, 6.07) is 7.55. The molecule has 2 aromatic heterocycles. The Morgan fingerprint density at radius 2 is 2.06 bits per heavy atom. The van der Waals surface area contributed by atoms with Gasteiger partial charge in [-0.1, -0.05) is 0 Å². The third-order valence-electron chi connectivity index (χ3n) is 2.44. The molecule has 0 aliphatic rings. The second kappa shape index (κ2) is 5.17. The van der Waals surface area contributed by atoms with Crippen LogP contribution in [-0.4, -0.2) is 15.0 Å². The van der Waals surface area contributed by atoms with Crippen LogP contribution in [0.1, 0.15) is 22.8 Å². The lowest BCUT2D eigenvalue weighted by Gasteiger charge is -2.02. The molecule has 0 saturated carbocycles. The van der Waals surface area contributed by atoms with Crippen molar-refractivity contribution in [2.75, 3.05) is 0 Å². The Hall–Kier alpha value is -2.28. The first-order valence-corrected chi connectivity index (χ1v) is 5.42. The molecule has 0 aromatic carbocycles. The van der Waals surface area contributed by atoms with Crippen LogP contribution in [0.4, 0.5) is 0 Å². The van der Waals surface area contributed by atoms with Crippen molar-refractivity contribution in [3.8, 4) is 6.07 Å². The summed E-state index contributed by atoms with van der Waals surface area (Å²) < 4.78 is 0. The minimum absolute atomic E-state index is 0.625. The SMILES string of the molecule is Cc1ccnc(CCc2ncccc2C#N)n1. The Balaban J connectivity index is 2.10. The van der Waals surface area contributed by atoms with Crippen molar-refractivity contribution in [1.29, 1.82) is 5.26 Å². The lowest BCUT2D eigenvalue weighted by molar-refractivity contribution is 0.824. The highest BCUT2D eigenvalue weighted by molar-refractivity contribution is 5.32. The molecule has 2 rings (SSSR count). The second-order valence-corrected chi connectivity index (χ2v) is 3.72. The van der Waals surface area contributed by atoms with E-state index in [4.69, 9.17) is 5.26 Å². The smallest absolute Gasteiger partial charge is 0.128 e. The molecule has 2 heterocycles. The van der Waals surface area contributed by atoms with E-state index in [0.717, 1.165) is 17.2 Å². The fraction of sp³-hybridized carbons (Fsp3) is 0.231. The summed E-state index contributed by atoms with van der Waals surface area (Å²) >= 11 is 0. The van der Waals surface area contributed by atoms with Crippen LogP contribution in [0.2, 0.25) is 0 Å². The Kier molecular flexibility index (Phi) is 3.41. The van der Waals surface area contributed by atoms with Crippen LogP contribution in [-0.2, 0) is 12.8 Å². The molecule has 0 unspecified atom stereocenters. The molecule has 4 heteroatoms. The molecule has 0 bridgehead atoms. The average Bonchev–Trinajstić information content (AvgIpc) is 2.37. The quantitative estimate of drug-likeness (QED) is 0.798. The van der Waals surface area contributed by atoms with Crippen molar-refractivity contribution in [1.82, 2.24) is 15.0 Å². The van der Waals surface area contributed by atoms with Gasteiger partial charge in [0.1, 0.15) is 11.9 Å². The Labute approximate surface area is 100.0 Å². The fourth-order valence-corrected chi connectivity index (χ4v) is 1.59. The van der Waals surface area contributed by atoms with Crippen LogP contribution < -0.4 is 0 Å². The molecule has 0 amide bonds. The fourth-order valence-electron chi connectivity index (χ4n) is 1.59. The standard InChI is InChI=1S/C13H12N4/c1-10-6-8-16-13(17-10)5-4-12-11(9-14)3-2-7-15-12/h2-3,6-8H,4-5H2,1H3. The van der Waals surface area contributed by atoms with E-state index in [9.17, 15) is 0 Å². The lowest BCUT2D eigenvalue weighted by atomic mass is 10.1. The van der Waals surface area contributed by atoms with Gasteiger partial charge in [-0.2, -0.15) is 5.26 Å². The number of rotatable bonds is 3. The van der Waals surface area contributed by atoms with Gasteiger partial charge in [-0.25, -0.2) is 9.97 Å². The molecule has 4 nitrogen and oxygen atoms in total. The van der Waals surface area contributed by atoms with Gasteiger partial charge in [0.15, 0.2) is 0 Å². The van der Waals surface area contributed by atoms with Crippen LogP contribution >= 0.6 is 0 Å². The van der Waals surface area contributed by atoms with E-state index < -0.39 is 0 Å². The monoisotopic (exact) mass is 224 g/mol.